The Kier molecular flexibility index (Phi) is 9.03. The molecule has 5 nitrogen and oxygen atoms in total. The lowest BCUT2D eigenvalue weighted by molar-refractivity contribution is -0.118. The zero-order valence-corrected chi connectivity index (χ0v) is 21.4. The van der Waals surface area contributed by atoms with Gasteiger partial charge in [0, 0.05) is 48.3 Å². The number of hydrogen-bond acceptors (Lipinski definition) is 6. The van der Waals surface area contributed by atoms with Crippen LogP contribution in [-0.4, -0.2) is 60.9 Å². The number of benzene rings is 2. The van der Waals surface area contributed by atoms with E-state index in [0.29, 0.717) is 13.0 Å². The SMILES string of the molecule is CCc1cccc2sc(N(CCCN3CCOCC3)C(=O)CCSc3ccc(Cl)cc3)nc12. The molecule has 1 aliphatic heterocycles. The summed E-state index contributed by atoms with van der Waals surface area (Å²) in [7, 11) is 0. The number of amides is 1. The molecule has 0 N–H and O–H groups in total. The topological polar surface area (TPSA) is 45.7 Å². The molecule has 0 saturated carbocycles. The van der Waals surface area contributed by atoms with Crippen LogP contribution in [0, 0.1) is 0 Å². The van der Waals surface area contributed by atoms with E-state index in [1.807, 2.05) is 29.2 Å². The molecule has 176 valence electrons. The van der Waals surface area contributed by atoms with E-state index in [0.717, 1.165) is 76.7 Å². The van der Waals surface area contributed by atoms with Crippen molar-refractivity contribution in [2.24, 2.45) is 0 Å². The highest BCUT2D eigenvalue weighted by Crippen LogP contribution is 2.32. The molecule has 1 amide bonds. The fraction of sp³-hybridized carbons (Fsp3) is 0.440. The Morgan fingerprint density at radius 2 is 2.00 bits per heavy atom. The average molecular weight is 504 g/mol. The van der Waals surface area contributed by atoms with Crippen LogP contribution >= 0.6 is 34.7 Å². The minimum absolute atomic E-state index is 0.135. The number of thioether (sulfide) groups is 1. The van der Waals surface area contributed by atoms with Crippen molar-refractivity contribution in [3.05, 3.63) is 53.1 Å². The Morgan fingerprint density at radius 3 is 2.76 bits per heavy atom. The molecule has 0 atom stereocenters. The molecule has 8 heteroatoms. The molecule has 1 aromatic heterocycles. The first-order chi connectivity index (χ1) is 16.1. The van der Waals surface area contributed by atoms with Crippen molar-refractivity contribution in [3.63, 3.8) is 0 Å². The smallest absolute Gasteiger partial charge is 0.229 e. The zero-order chi connectivity index (χ0) is 23.0. The summed E-state index contributed by atoms with van der Waals surface area (Å²) >= 11 is 9.28. The molecule has 2 aromatic carbocycles. The minimum atomic E-state index is 0.135. The number of hydrogen-bond donors (Lipinski definition) is 0. The van der Waals surface area contributed by atoms with Gasteiger partial charge in [-0.1, -0.05) is 42.0 Å². The van der Waals surface area contributed by atoms with Crippen LogP contribution in [0.1, 0.15) is 25.3 Å². The Hall–Kier alpha value is -1.64. The third-order valence-electron chi connectivity index (χ3n) is 5.76. The molecular formula is C25H30ClN3O2S2. The molecule has 1 saturated heterocycles. The second-order valence-corrected chi connectivity index (χ2v) is 10.6. The highest BCUT2D eigenvalue weighted by Gasteiger charge is 2.21. The van der Waals surface area contributed by atoms with E-state index in [1.165, 1.54) is 5.56 Å². The van der Waals surface area contributed by atoms with E-state index in [1.54, 1.807) is 23.1 Å². The molecule has 0 aliphatic carbocycles. The van der Waals surface area contributed by atoms with Crippen molar-refractivity contribution in [2.45, 2.75) is 31.1 Å². The fourth-order valence-electron chi connectivity index (χ4n) is 3.92. The van der Waals surface area contributed by atoms with Crippen LogP contribution in [0.5, 0.6) is 0 Å². The fourth-order valence-corrected chi connectivity index (χ4v) is 5.94. The predicted octanol–water partition coefficient (Wildman–Crippen LogP) is 5.75. The van der Waals surface area contributed by atoms with Crippen molar-refractivity contribution in [1.29, 1.82) is 0 Å². The van der Waals surface area contributed by atoms with Gasteiger partial charge < -0.3 is 4.74 Å². The third-order valence-corrected chi connectivity index (χ3v) is 8.07. The highest BCUT2D eigenvalue weighted by molar-refractivity contribution is 7.99. The number of carbonyl (C=O) groups excluding carboxylic acids is 1. The number of carbonyl (C=O) groups is 1. The van der Waals surface area contributed by atoms with Crippen LogP contribution < -0.4 is 4.90 Å². The lowest BCUT2D eigenvalue weighted by atomic mass is 10.1. The van der Waals surface area contributed by atoms with Crippen LogP contribution in [-0.2, 0) is 16.0 Å². The van der Waals surface area contributed by atoms with Crippen LogP contribution in [0.25, 0.3) is 10.2 Å². The van der Waals surface area contributed by atoms with Gasteiger partial charge in [0.05, 0.1) is 23.4 Å². The highest BCUT2D eigenvalue weighted by atomic mass is 35.5. The number of nitrogens with zero attached hydrogens (tertiary/aromatic N) is 3. The van der Waals surface area contributed by atoms with Crippen molar-refractivity contribution < 1.29 is 9.53 Å². The normalized spacial score (nSPS) is 14.6. The number of para-hydroxylation sites is 1. The second-order valence-electron chi connectivity index (χ2n) is 8.02. The maximum absolute atomic E-state index is 13.3. The van der Waals surface area contributed by atoms with E-state index in [9.17, 15) is 4.79 Å². The number of rotatable bonds is 10. The molecule has 3 aromatic rings. The van der Waals surface area contributed by atoms with Crippen LogP contribution in [0.15, 0.2) is 47.4 Å². The van der Waals surface area contributed by atoms with E-state index in [2.05, 4.69) is 30.0 Å². The molecule has 1 fully saturated rings. The quantitative estimate of drug-likeness (QED) is 0.330. The maximum Gasteiger partial charge on any atom is 0.229 e. The summed E-state index contributed by atoms with van der Waals surface area (Å²) in [4.78, 5) is 23.7. The predicted molar refractivity (Wildman–Crippen MR) is 140 cm³/mol. The number of anilines is 1. The number of aromatic nitrogens is 1. The number of halogens is 1. The maximum atomic E-state index is 13.3. The van der Waals surface area contributed by atoms with Crippen molar-refractivity contribution in [1.82, 2.24) is 9.88 Å². The number of ether oxygens (including phenoxy) is 1. The van der Waals surface area contributed by atoms with Gasteiger partial charge in [-0.2, -0.15) is 0 Å². The number of aryl methyl sites for hydroxylation is 1. The monoisotopic (exact) mass is 503 g/mol. The first kappa shape index (κ1) is 24.5. The van der Waals surface area contributed by atoms with Gasteiger partial charge >= 0.3 is 0 Å². The van der Waals surface area contributed by atoms with Gasteiger partial charge in [-0.25, -0.2) is 4.98 Å². The molecular weight excluding hydrogens is 474 g/mol. The number of thiazole rings is 1. The summed E-state index contributed by atoms with van der Waals surface area (Å²) in [6.07, 6.45) is 2.33. The van der Waals surface area contributed by atoms with Crippen molar-refractivity contribution >= 4 is 56.0 Å². The Bertz CT molecular complexity index is 1050. The lowest BCUT2D eigenvalue weighted by Crippen LogP contribution is -2.39. The molecule has 0 bridgehead atoms. The number of fused-ring (bicyclic) bond motifs is 1. The molecule has 0 unspecified atom stereocenters. The third kappa shape index (κ3) is 6.70. The Labute approximate surface area is 209 Å². The summed E-state index contributed by atoms with van der Waals surface area (Å²) in [6, 6.07) is 14.1. The Morgan fingerprint density at radius 1 is 1.21 bits per heavy atom. The van der Waals surface area contributed by atoms with E-state index in [-0.39, 0.29) is 5.91 Å². The Balaban J connectivity index is 1.44. The van der Waals surface area contributed by atoms with Crippen LogP contribution in [0.2, 0.25) is 5.02 Å². The van der Waals surface area contributed by atoms with Gasteiger partial charge in [0.25, 0.3) is 0 Å². The van der Waals surface area contributed by atoms with Crippen molar-refractivity contribution in [3.8, 4) is 0 Å². The van der Waals surface area contributed by atoms with Crippen LogP contribution in [0.4, 0.5) is 5.13 Å². The zero-order valence-electron chi connectivity index (χ0n) is 19.0. The standard InChI is InChI=1S/C25H30ClN3O2S2/c1-2-19-5-3-6-22-24(19)27-25(33-22)29(13-4-12-28-14-16-31-17-15-28)23(30)11-18-32-21-9-7-20(26)8-10-21/h3,5-10H,2,4,11-18H2,1H3. The molecule has 0 radical (unpaired) electrons. The van der Waals surface area contributed by atoms with Crippen molar-refractivity contribution in [2.75, 3.05) is 50.0 Å². The summed E-state index contributed by atoms with van der Waals surface area (Å²) in [5.41, 5.74) is 2.26. The summed E-state index contributed by atoms with van der Waals surface area (Å²) in [6.45, 7) is 7.32. The average Bonchev–Trinajstić information content (AvgIpc) is 3.27. The molecule has 1 aliphatic rings. The van der Waals surface area contributed by atoms with Gasteiger partial charge in [0.2, 0.25) is 5.91 Å². The van der Waals surface area contributed by atoms with Gasteiger partial charge in [0.1, 0.15) is 0 Å². The van der Waals surface area contributed by atoms with Gasteiger partial charge in [0.15, 0.2) is 5.13 Å². The second kappa shape index (κ2) is 12.2. The number of morpholine rings is 1. The first-order valence-electron chi connectivity index (χ1n) is 11.5. The van der Waals surface area contributed by atoms with Crippen LogP contribution in [0.3, 0.4) is 0 Å². The molecule has 2 heterocycles. The minimum Gasteiger partial charge on any atom is -0.379 e. The molecule has 33 heavy (non-hydrogen) atoms. The first-order valence-corrected chi connectivity index (χ1v) is 13.7. The largest absolute Gasteiger partial charge is 0.379 e. The summed E-state index contributed by atoms with van der Waals surface area (Å²) in [5, 5.41) is 1.54. The molecule has 0 spiro atoms. The van der Waals surface area contributed by atoms with E-state index < -0.39 is 0 Å². The molecule has 4 rings (SSSR count). The lowest BCUT2D eigenvalue weighted by Gasteiger charge is -2.27. The summed E-state index contributed by atoms with van der Waals surface area (Å²) < 4.78 is 6.60. The van der Waals surface area contributed by atoms with E-state index >= 15 is 0 Å². The van der Waals surface area contributed by atoms with Gasteiger partial charge in [-0.05, 0) is 48.7 Å². The van der Waals surface area contributed by atoms with Gasteiger partial charge in [-0.15, -0.1) is 11.8 Å². The van der Waals surface area contributed by atoms with Gasteiger partial charge in [-0.3, -0.25) is 14.6 Å². The summed E-state index contributed by atoms with van der Waals surface area (Å²) in [5.74, 6) is 0.862. The van der Waals surface area contributed by atoms with E-state index in [4.69, 9.17) is 21.3 Å².